The Hall–Kier alpha value is -3.44. The van der Waals surface area contributed by atoms with E-state index in [2.05, 4.69) is 20.2 Å². The summed E-state index contributed by atoms with van der Waals surface area (Å²) in [6.07, 6.45) is 0.367. The first kappa shape index (κ1) is 25.6. The summed E-state index contributed by atoms with van der Waals surface area (Å²) in [5, 5.41) is 2.83. The fraction of sp³-hybridized carbons (Fsp3) is 0.520. The van der Waals surface area contributed by atoms with E-state index >= 15 is 0 Å². The van der Waals surface area contributed by atoms with Crippen LogP contribution in [0.5, 0.6) is 0 Å². The number of hydrogen-bond acceptors (Lipinski definition) is 8. The van der Waals surface area contributed by atoms with E-state index in [0.29, 0.717) is 62.4 Å². The van der Waals surface area contributed by atoms with Gasteiger partial charge in [0.05, 0.1) is 33.0 Å². The minimum absolute atomic E-state index is 0.0758. The number of morpholine rings is 2. The van der Waals surface area contributed by atoms with Crippen molar-refractivity contribution in [1.82, 2.24) is 14.9 Å². The Bertz CT molecular complexity index is 1110. The second-order valence-corrected chi connectivity index (χ2v) is 9.00. The molecule has 2 aliphatic rings. The van der Waals surface area contributed by atoms with Crippen molar-refractivity contribution >= 4 is 29.1 Å². The standard InChI is InChI=1S/C25H34N6O5/c1-18-21(24(34)28-25(26-18)31-11-15-36-16-12-31)7-8-23(33)29(2)17-22(32)27-19-3-5-20(6-4-19)30-9-13-35-14-10-30/h3-6H,7-17H2,1-2H3,(H,27,32)(H,26,28,34). The van der Waals surface area contributed by atoms with Gasteiger partial charge in [0.1, 0.15) is 0 Å². The van der Waals surface area contributed by atoms with Gasteiger partial charge in [0.15, 0.2) is 0 Å². The third-order valence-corrected chi connectivity index (χ3v) is 6.44. The molecule has 2 aliphatic heterocycles. The van der Waals surface area contributed by atoms with Crippen molar-refractivity contribution in [2.45, 2.75) is 19.8 Å². The topological polar surface area (TPSA) is 120 Å². The number of rotatable bonds is 8. The predicted molar refractivity (Wildman–Crippen MR) is 137 cm³/mol. The zero-order chi connectivity index (χ0) is 25.5. The second-order valence-electron chi connectivity index (χ2n) is 9.00. The molecule has 0 saturated carbocycles. The molecule has 36 heavy (non-hydrogen) atoms. The van der Waals surface area contributed by atoms with Gasteiger partial charge >= 0.3 is 0 Å². The van der Waals surface area contributed by atoms with E-state index < -0.39 is 0 Å². The molecule has 2 N–H and O–H groups in total. The lowest BCUT2D eigenvalue weighted by atomic mass is 10.1. The highest BCUT2D eigenvalue weighted by atomic mass is 16.5. The Labute approximate surface area is 210 Å². The molecule has 2 aromatic rings. The van der Waals surface area contributed by atoms with Crippen LogP contribution < -0.4 is 20.7 Å². The zero-order valence-electron chi connectivity index (χ0n) is 20.9. The number of aromatic nitrogens is 2. The molecule has 2 saturated heterocycles. The lowest BCUT2D eigenvalue weighted by Gasteiger charge is -2.28. The van der Waals surface area contributed by atoms with E-state index in [1.165, 1.54) is 4.90 Å². The number of carbonyl (C=O) groups excluding carboxylic acids is 2. The van der Waals surface area contributed by atoms with Gasteiger partial charge in [-0.05, 0) is 37.6 Å². The van der Waals surface area contributed by atoms with E-state index in [4.69, 9.17) is 9.47 Å². The Kier molecular flexibility index (Phi) is 8.55. The minimum atomic E-state index is -0.282. The molecule has 0 spiro atoms. The van der Waals surface area contributed by atoms with E-state index in [1.54, 1.807) is 14.0 Å². The summed E-state index contributed by atoms with van der Waals surface area (Å²) in [4.78, 5) is 50.7. The normalized spacial score (nSPS) is 16.1. The number of amides is 2. The number of carbonyl (C=O) groups is 2. The fourth-order valence-corrected chi connectivity index (χ4v) is 4.32. The molecule has 194 valence electrons. The fourth-order valence-electron chi connectivity index (χ4n) is 4.32. The highest BCUT2D eigenvalue weighted by Gasteiger charge is 2.19. The third-order valence-electron chi connectivity index (χ3n) is 6.44. The molecule has 3 heterocycles. The molecule has 4 rings (SSSR count). The summed E-state index contributed by atoms with van der Waals surface area (Å²) in [6, 6.07) is 7.64. The van der Waals surface area contributed by atoms with Gasteiger partial charge in [-0.3, -0.25) is 19.4 Å². The van der Waals surface area contributed by atoms with Gasteiger partial charge in [0, 0.05) is 62.3 Å². The van der Waals surface area contributed by atoms with Gasteiger partial charge in [0.2, 0.25) is 17.8 Å². The number of nitrogens with zero attached hydrogens (tertiary/aromatic N) is 4. The molecule has 0 unspecified atom stereocenters. The number of anilines is 3. The molecule has 0 radical (unpaired) electrons. The summed E-state index contributed by atoms with van der Waals surface area (Å²) in [7, 11) is 1.58. The number of nitrogens with one attached hydrogen (secondary N) is 2. The molecule has 1 aromatic carbocycles. The van der Waals surface area contributed by atoms with Gasteiger partial charge in [-0.1, -0.05) is 0 Å². The van der Waals surface area contributed by atoms with Crippen LogP contribution in [0.2, 0.25) is 0 Å². The first-order valence-corrected chi connectivity index (χ1v) is 12.3. The van der Waals surface area contributed by atoms with Crippen molar-refractivity contribution in [3.8, 4) is 0 Å². The number of ether oxygens (including phenoxy) is 2. The van der Waals surface area contributed by atoms with Crippen molar-refractivity contribution in [2.75, 3.05) is 81.3 Å². The second kappa shape index (κ2) is 12.0. The SMILES string of the molecule is Cc1nc(N2CCOCC2)[nH]c(=O)c1CCC(=O)N(C)CC(=O)Nc1ccc(N2CCOCC2)cc1. The van der Waals surface area contributed by atoms with Crippen molar-refractivity contribution < 1.29 is 19.1 Å². The Morgan fingerprint density at radius 2 is 1.64 bits per heavy atom. The van der Waals surface area contributed by atoms with Gasteiger partial charge in [0.25, 0.3) is 5.56 Å². The minimum Gasteiger partial charge on any atom is -0.378 e. The van der Waals surface area contributed by atoms with Crippen LogP contribution in [-0.4, -0.2) is 92.9 Å². The van der Waals surface area contributed by atoms with E-state index in [-0.39, 0.29) is 36.8 Å². The number of benzene rings is 1. The third kappa shape index (κ3) is 6.61. The molecule has 11 heteroatoms. The van der Waals surface area contributed by atoms with Crippen molar-refractivity contribution in [1.29, 1.82) is 0 Å². The molecular weight excluding hydrogens is 464 g/mol. The number of aromatic amines is 1. The molecular formula is C25H34N6O5. The zero-order valence-corrected chi connectivity index (χ0v) is 20.9. The van der Waals surface area contributed by atoms with Crippen LogP contribution in [0.3, 0.4) is 0 Å². The van der Waals surface area contributed by atoms with Crippen molar-refractivity contribution in [3.05, 3.63) is 45.9 Å². The van der Waals surface area contributed by atoms with Gasteiger partial charge in [-0.15, -0.1) is 0 Å². The Balaban J connectivity index is 1.26. The van der Waals surface area contributed by atoms with Crippen molar-refractivity contribution in [3.63, 3.8) is 0 Å². The van der Waals surface area contributed by atoms with Crippen LogP contribution in [0.15, 0.2) is 29.1 Å². The number of aryl methyl sites for hydroxylation is 1. The maximum atomic E-state index is 12.6. The van der Waals surface area contributed by atoms with Gasteiger partial charge < -0.3 is 29.5 Å². The molecule has 1 aromatic heterocycles. The van der Waals surface area contributed by atoms with Gasteiger partial charge in [-0.25, -0.2) is 4.98 Å². The number of H-pyrrole nitrogens is 1. The molecule has 0 aliphatic carbocycles. The first-order chi connectivity index (χ1) is 17.4. The molecule has 2 amide bonds. The molecule has 2 fully saturated rings. The van der Waals surface area contributed by atoms with E-state index in [0.717, 1.165) is 18.8 Å². The highest BCUT2D eigenvalue weighted by Crippen LogP contribution is 2.19. The quantitative estimate of drug-likeness (QED) is 0.548. The molecule has 0 bridgehead atoms. The molecule has 11 nitrogen and oxygen atoms in total. The smallest absolute Gasteiger partial charge is 0.255 e. The summed E-state index contributed by atoms with van der Waals surface area (Å²) in [6.45, 7) is 7.35. The summed E-state index contributed by atoms with van der Waals surface area (Å²) in [5.41, 5.74) is 2.61. The summed E-state index contributed by atoms with van der Waals surface area (Å²) in [5.74, 6) is 0.0297. The van der Waals surface area contributed by atoms with Crippen LogP contribution >= 0.6 is 0 Å². The van der Waals surface area contributed by atoms with E-state index in [1.807, 2.05) is 29.2 Å². The summed E-state index contributed by atoms with van der Waals surface area (Å²) < 4.78 is 10.7. The molecule has 0 atom stereocenters. The Morgan fingerprint density at radius 1 is 1.03 bits per heavy atom. The predicted octanol–water partition coefficient (Wildman–Crippen LogP) is 0.781. The van der Waals surface area contributed by atoms with E-state index in [9.17, 15) is 14.4 Å². The number of likely N-dealkylation sites (N-methyl/N-ethyl adjacent to an activating group) is 1. The lowest BCUT2D eigenvalue weighted by Crippen LogP contribution is -2.39. The maximum Gasteiger partial charge on any atom is 0.255 e. The van der Waals surface area contributed by atoms with Crippen LogP contribution in [-0.2, 0) is 25.5 Å². The number of hydrogen-bond donors (Lipinski definition) is 2. The highest BCUT2D eigenvalue weighted by molar-refractivity contribution is 5.94. The van der Waals surface area contributed by atoms with Crippen LogP contribution in [0.4, 0.5) is 17.3 Å². The Morgan fingerprint density at radius 3 is 2.25 bits per heavy atom. The van der Waals surface area contributed by atoms with Crippen LogP contribution in [0, 0.1) is 6.92 Å². The summed E-state index contributed by atoms with van der Waals surface area (Å²) >= 11 is 0. The van der Waals surface area contributed by atoms with Crippen LogP contribution in [0.25, 0.3) is 0 Å². The van der Waals surface area contributed by atoms with Crippen LogP contribution in [0.1, 0.15) is 17.7 Å². The first-order valence-electron chi connectivity index (χ1n) is 12.3. The lowest BCUT2D eigenvalue weighted by molar-refractivity contribution is -0.133. The monoisotopic (exact) mass is 498 g/mol. The van der Waals surface area contributed by atoms with Crippen molar-refractivity contribution in [2.24, 2.45) is 0 Å². The average Bonchev–Trinajstić information content (AvgIpc) is 2.89. The average molecular weight is 499 g/mol. The van der Waals surface area contributed by atoms with Gasteiger partial charge in [-0.2, -0.15) is 0 Å². The maximum absolute atomic E-state index is 12.6. The largest absolute Gasteiger partial charge is 0.378 e.